The normalized spacial score (nSPS) is 22.9. The molecule has 0 bridgehead atoms. The Balaban J connectivity index is 1.96. The SMILES string of the molecule is CN1CCCCC1CCNCCSC(F)(F)F. The highest BCUT2D eigenvalue weighted by molar-refractivity contribution is 8.00. The van der Waals surface area contributed by atoms with E-state index in [0.29, 0.717) is 12.6 Å². The van der Waals surface area contributed by atoms with Gasteiger partial charge in [-0.25, -0.2) is 0 Å². The monoisotopic (exact) mass is 270 g/mol. The average Bonchev–Trinajstić information content (AvgIpc) is 2.24. The van der Waals surface area contributed by atoms with Crippen LogP contribution in [0.1, 0.15) is 25.7 Å². The van der Waals surface area contributed by atoms with Gasteiger partial charge in [-0.2, -0.15) is 13.2 Å². The maximum Gasteiger partial charge on any atom is 0.441 e. The van der Waals surface area contributed by atoms with Crippen LogP contribution in [0, 0.1) is 0 Å². The molecule has 17 heavy (non-hydrogen) atoms. The van der Waals surface area contributed by atoms with Crippen molar-refractivity contribution in [3.8, 4) is 0 Å². The number of halogens is 3. The summed E-state index contributed by atoms with van der Waals surface area (Å²) in [6.07, 6.45) is 4.80. The van der Waals surface area contributed by atoms with Crippen LogP contribution in [0.15, 0.2) is 0 Å². The molecule has 1 fully saturated rings. The molecular formula is C11H21F3N2S. The Morgan fingerprint density at radius 2 is 2.06 bits per heavy atom. The zero-order valence-electron chi connectivity index (χ0n) is 10.2. The van der Waals surface area contributed by atoms with Gasteiger partial charge < -0.3 is 10.2 Å². The van der Waals surface area contributed by atoms with E-state index >= 15 is 0 Å². The molecular weight excluding hydrogens is 249 g/mol. The number of likely N-dealkylation sites (tertiary alicyclic amines) is 1. The van der Waals surface area contributed by atoms with Gasteiger partial charge in [-0.1, -0.05) is 6.42 Å². The van der Waals surface area contributed by atoms with Crippen LogP contribution < -0.4 is 5.32 Å². The molecule has 0 aromatic carbocycles. The summed E-state index contributed by atoms with van der Waals surface area (Å²) in [5, 5.41) is 3.08. The minimum absolute atomic E-state index is 0.0472. The van der Waals surface area contributed by atoms with E-state index in [4.69, 9.17) is 0 Å². The Kier molecular flexibility index (Phi) is 6.66. The topological polar surface area (TPSA) is 15.3 Å². The van der Waals surface area contributed by atoms with E-state index in [2.05, 4.69) is 17.3 Å². The highest BCUT2D eigenvalue weighted by Crippen LogP contribution is 2.29. The second kappa shape index (κ2) is 7.48. The number of nitrogens with zero attached hydrogens (tertiary/aromatic N) is 1. The molecule has 0 aliphatic carbocycles. The third-order valence-electron chi connectivity index (χ3n) is 3.12. The second-order valence-electron chi connectivity index (χ2n) is 4.46. The standard InChI is InChI=1S/C11H21F3N2S/c1-16-8-3-2-4-10(16)5-6-15-7-9-17-11(12,13)14/h10,15H,2-9H2,1H3. The van der Waals surface area contributed by atoms with Crippen molar-refractivity contribution in [3.63, 3.8) is 0 Å². The van der Waals surface area contributed by atoms with Gasteiger partial charge in [0.15, 0.2) is 0 Å². The maximum absolute atomic E-state index is 11.8. The quantitative estimate of drug-likeness (QED) is 0.747. The number of alkyl halides is 3. The number of piperidine rings is 1. The summed E-state index contributed by atoms with van der Waals surface area (Å²) in [6, 6.07) is 0.603. The van der Waals surface area contributed by atoms with Gasteiger partial charge in [-0.3, -0.25) is 0 Å². The molecule has 1 heterocycles. The molecule has 1 atom stereocenters. The lowest BCUT2D eigenvalue weighted by molar-refractivity contribution is -0.0327. The highest BCUT2D eigenvalue weighted by atomic mass is 32.2. The van der Waals surface area contributed by atoms with Gasteiger partial charge in [0.05, 0.1) is 0 Å². The minimum Gasteiger partial charge on any atom is -0.316 e. The molecule has 0 spiro atoms. The van der Waals surface area contributed by atoms with E-state index in [1.54, 1.807) is 0 Å². The first kappa shape index (κ1) is 15.1. The smallest absolute Gasteiger partial charge is 0.316 e. The van der Waals surface area contributed by atoms with Crippen LogP contribution in [0.4, 0.5) is 13.2 Å². The highest BCUT2D eigenvalue weighted by Gasteiger charge is 2.27. The van der Waals surface area contributed by atoms with Crippen LogP contribution in [0.2, 0.25) is 0 Å². The Morgan fingerprint density at radius 3 is 2.71 bits per heavy atom. The third kappa shape index (κ3) is 7.16. The number of hydrogen-bond donors (Lipinski definition) is 1. The summed E-state index contributed by atoms with van der Waals surface area (Å²) in [4.78, 5) is 2.36. The van der Waals surface area contributed by atoms with Crippen molar-refractivity contribution in [1.29, 1.82) is 0 Å². The number of hydrogen-bond acceptors (Lipinski definition) is 3. The molecule has 1 aliphatic heterocycles. The second-order valence-corrected chi connectivity index (χ2v) is 5.62. The molecule has 1 unspecified atom stereocenters. The number of nitrogens with one attached hydrogen (secondary N) is 1. The molecule has 0 saturated carbocycles. The van der Waals surface area contributed by atoms with Crippen molar-refractivity contribution in [3.05, 3.63) is 0 Å². The van der Waals surface area contributed by atoms with E-state index in [-0.39, 0.29) is 17.5 Å². The van der Waals surface area contributed by atoms with Crippen molar-refractivity contribution in [2.75, 3.05) is 32.4 Å². The fourth-order valence-corrected chi connectivity index (χ4v) is 2.62. The lowest BCUT2D eigenvalue weighted by Gasteiger charge is -2.32. The van der Waals surface area contributed by atoms with Crippen LogP contribution in [-0.2, 0) is 0 Å². The Morgan fingerprint density at radius 1 is 1.29 bits per heavy atom. The van der Waals surface area contributed by atoms with Crippen LogP contribution in [0.5, 0.6) is 0 Å². The van der Waals surface area contributed by atoms with Crippen molar-refractivity contribution < 1.29 is 13.2 Å². The molecule has 0 aromatic heterocycles. The van der Waals surface area contributed by atoms with Gasteiger partial charge in [-0.05, 0) is 51.2 Å². The molecule has 0 radical (unpaired) electrons. The predicted molar refractivity (Wildman–Crippen MR) is 66.3 cm³/mol. The van der Waals surface area contributed by atoms with Gasteiger partial charge >= 0.3 is 5.51 Å². The number of thioether (sulfide) groups is 1. The van der Waals surface area contributed by atoms with E-state index < -0.39 is 5.51 Å². The van der Waals surface area contributed by atoms with E-state index in [0.717, 1.165) is 19.5 Å². The summed E-state index contributed by atoms with van der Waals surface area (Å²) in [7, 11) is 2.13. The molecule has 1 aliphatic rings. The van der Waals surface area contributed by atoms with Crippen molar-refractivity contribution in [2.24, 2.45) is 0 Å². The summed E-state index contributed by atoms with van der Waals surface area (Å²) in [5.74, 6) is 0.101. The van der Waals surface area contributed by atoms with Gasteiger partial charge in [0, 0.05) is 18.3 Å². The third-order valence-corrected chi connectivity index (χ3v) is 3.86. The van der Waals surface area contributed by atoms with E-state index in [1.807, 2.05) is 0 Å². The van der Waals surface area contributed by atoms with E-state index in [1.165, 1.54) is 19.3 Å². The van der Waals surface area contributed by atoms with E-state index in [9.17, 15) is 13.2 Å². The first-order valence-corrected chi connectivity index (χ1v) is 7.09. The fourth-order valence-electron chi connectivity index (χ4n) is 2.14. The van der Waals surface area contributed by atoms with Gasteiger partial charge in [0.2, 0.25) is 0 Å². The Bertz CT molecular complexity index is 211. The summed E-state index contributed by atoms with van der Waals surface area (Å²) < 4.78 is 35.5. The first-order chi connectivity index (χ1) is 7.99. The zero-order valence-corrected chi connectivity index (χ0v) is 11.0. The summed E-state index contributed by atoms with van der Waals surface area (Å²) in [6.45, 7) is 2.39. The molecule has 1 saturated heterocycles. The molecule has 1 N–H and O–H groups in total. The van der Waals surface area contributed by atoms with Crippen molar-refractivity contribution in [1.82, 2.24) is 10.2 Å². The first-order valence-electron chi connectivity index (χ1n) is 6.10. The molecule has 0 aromatic rings. The Hall–Kier alpha value is 0.0600. The van der Waals surface area contributed by atoms with Crippen LogP contribution in [-0.4, -0.2) is 48.9 Å². The van der Waals surface area contributed by atoms with Gasteiger partial charge in [0.1, 0.15) is 0 Å². The molecule has 1 rings (SSSR count). The minimum atomic E-state index is -4.09. The molecule has 102 valence electrons. The van der Waals surface area contributed by atoms with Gasteiger partial charge in [-0.15, -0.1) is 0 Å². The zero-order chi connectivity index (χ0) is 12.7. The Labute approximate surface area is 105 Å². The largest absolute Gasteiger partial charge is 0.441 e. The average molecular weight is 270 g/mol. The lowest BCUT2D eigenvalue weighted by atomic mass is 10.0. The van der Waals surface area contributed by atoms with Crippen LogP contribution in [0.25, 0.3) is 0 Å². The van der Waals surface area contributed by atoms with Crippen LogP contribution in [0.3, 0.4) is 0 Å². The molecule has 6 heteroatoms. The fraction of sp³-hybridized carbons (Fsp3) is 1.00. The lowest BCUT2D eigenvalue weighted by Crippen LogP contribution is -2.38. The summed E-state index contributed by atoms with van der Waals surface area (Å²) >= 11 is 0.0472. The van der Waals surface area contributed by atoms with Crippen molar-refractivity contribution in [2.45, 2.75) is 37.2 Å². The van der Waals surface area contributed by atoms with Crippen LogP contribution >= 0.6 is 11.8 Å². The number of rotatable bonds is 6. The molecule has 0 amide bonds. The maximum atomic E-state index is 11.8. The van der Waals surface area contributed by atoms with Crippen molar-refractivity contribution >= 4 is 11.8 Å². The predicted octanol–water partition coefficient (Wildman–Crippen LogP) is 2.70. The van der Waals surface area contributed by atoms with Gasteiger partial charge in [0.25, 0.3) is 0 Å². The molecule has 2 nitrogen and oxygen atoms in total. The summed E-state index contributed by atoms with van der Waals surface area (Å²) in [5.41, 5.74) is -4.09.